The molecule has 1 atom stereocenters. The van der Waals surface area contributed by atoms with Crippen molar-refractivity contribution in [2.24, 2.45) is 5.73 Å². The summed E-state index contributed by atoms with van der Waals surface area (Å²) in [6.07, 6.45) is 1.89. The van der Waals surface area contributed by atoms with Gasteiger partial charge in [0, 0.05) is 0 Å². The van der Waals surface area contributed by atoms with Gasteiger partial charge in [-0.1, -0.05) is 26.1 Å². The van der Waals surface area contributed by atoms with Crippen LogP contribution in [0.5, 0.6) is 0 Å². The average molecular weight is 239 g/mol. The first-order chi connectivity index (χ1) is 7.12. The molecule has 100 valence electrons. The maximum Gasteiger partial charge on any atom is 0.127 e. The van der Waals surface area contributed by atoms with E-state index in [-0.39, 0.29) is 22.0 Å². The molecule has 0 spiro atoms. The van der Waals surface area contributed by atoms with Gasteiger partial charge in [0.25, 0.3) is 0 Å². The molecule has 0 fully saturated rings. The first-order valence-electron chi connectivity index (χ1n) is 6.61. The van der Waals surface area contributed by atoms with Crippen molar-refractivity contribution in [2.45, 2.75) is 83.3 Å². The first kappa shape index (κ1) is 17.0. The standard InChI is InChI=1S/C13H31B2NO/c1-10(2,14)8-11(3,4)17-12(5,6)9-13(7,15)16/h8-9,14-16H2,1-7H3. The zero-order valence-electron chi connectivity index (χ0n) is 13.4. The second kappa shape index (κ2) is 4.97. The second-order valence-corrected chi connectivity index (χ2v) is 8.52. The van der Waals surface area contributed by atoms with Crippen molar-refractivity contribution in [2.75, 3.05) is 0 Å². The number of nitrogens with two attached hydrogens (primary N) is 1. The van der Waals surface area contributed by atoms with Gasteiger partial charge < -0.3 is 10.5 Å². The zero-order valence-corrected chi connectivity index (χ0v) is 13.4. The predicted molar refractivity (Wildman–Crippen MR) is 82.2 cm³/mol. The molecule has 2 N–H and O–H groups in total. The lowest BCUT2D eigenvalue weighted by Crippen LogP contribution is -2.48. The molecule has 2 nitrogen and oxygen atoms in total. The van der Waals surface area contributed by atoms with Gasteiger partial charge in [0.15, 0.2) is 0 Å². The summed E-state index contributed by atoms with van der Waals surface area (Å²) in [7, 11) is 4.30. The van der Waals surface area contributed by atoms with Crippen LogP contribution in [0, 0.1) is 0 Å². The highest BCUT2D eigenvalue weighted by Gasteiger charge is 2.35. The summed E-state index contributed by atoms with van der Waals surface area (Å²) in [5, 5.41) is 0.276. The SMILES string of the molecule is BC(C)(C)CC(C)(C)OC(C)(C)CC(B)(C)N. The molecule has 0 aromatic rings. The molecule has 17 heavy (non-hydrogen) atoms. The third-order valence-electron chi connectivity index (χ3n) is 2.39. The summed E-state index contributed by atoms with van der Waals surface area (Å²) in [4.78, 5) is 0. The van der Waals surface area contributed by atoms with Crippen LogP contribution in [0.2, 0.25) is 5.31 Å². The molecule has 0 heterocycles. The van der Waals surface area contributed by atoms with E-state index in [1.807, 2.05) is 0 Å². The lowest BCUT2D eigenvalue weighted by molar-refractivity contribution is -0.135. The van der Waals surface area contributed by atoms with E-state index in [1.54, 1.807) is 0 Å². The van der Waals surface area contributed by atoms with Gasteiger partial charge in [-0.3, -0.25) is 0 Å². The van der Waals surface area contributed by atoms with Crippen molar-refractivity contribution in [3.8, 4) is 0 Å². The summed E-state index contributed by atoms with van der Waals surface area (Å²) in [5.41, 5.74) is 5.59. The van der Waals surface area contributed by atoms with Crippen LogP contribution in [0.15, 0.2) is 0 Å². The fourth-order valence-corrected chi connectivity index (χ4v) is 3.19. The highest BCUT2D eigenvalue weighted by molar-refractivity contribution is 6.15. The molecule has 0 aliphatic rings. The van der Waals surface area contributed by atoms with Crippen molar-refractivity contribution in [1.82, 2.24) is 0 Å². The van der Waals surface area contributed by atoms with Crippen LogP contribution in [0.3, 0.4) is 0 Å². The van der Waals surface area contributed by atoms with E-state index < -0.39 is 0 Å². The molecule has 0 aromatic heterocycles. The Kier molecular flexibility index (Phi) is 4.98. The Bertz CT molecular complexity index is 223. The molecule has 0 aromatic carbocycles. The van der Waals surface area contributed by atoms with Gasteiger partial charge in [0.2, 0.25) is 0 Å². The zero-order chi connectivity index (χ0) is 14.1. The lowest BCUT2D eigenvalue weighted by atomic mass is 9.66. The van der Waals surface area contributed by atoms with Crippen LogP contribution in [-0.4, -0.2) is 32.3 Å². The fraction of sp³-hybridized carbons (Fsp3) is 1.00. The molecule has 0 aliphatic heterocycles. The van der Waals surface area contributed by atoms with Crippen molar-refractivity contribution in [3.63, 3.8) is 0 Å². The van der Waals surface area contributed by atoms with Crippen molar-refractivity contribution >= 4 is 15.7 Å². The molecule has 0 amide bonds. The summed E-state index contributed by atoms with van der Waals surface area (Å²) in [5.74, 6) is 0. The number of hydrogen-bond acceptors (Lipinski definition) is 2. The third-order valence-corrected chi connectivity index (χ3v) is 2.39. The molecule has 0 radical (unpaired) electrons. The van der Waals surface area contributed by atoms with E-state index in [2.05, 4.69) is 64.2 Å². The summed E-state index contributed by atoms with van der Waals surface area (Å²) < 4.78 is 6.30. The Morgan fingerprint density at radius 1 is 0.824 bits per heavy atom. The normalized spacial score (nSPS) is 17.9. The van der Waals surface area contributed by atoms with Gasteiger partial charge in [-0.15, -0.1) is 0 Å². The topological polar surface area (TPSA) is 35.2 Å². The van der Waals surface area contributed by atoms with Crippen molar-refractivity contribution in [3.05, 3.63) is 0 Å². The minimum absolute atomic E-state index is 0.118. The first-order valence-corrected chi connectivity index (χ1v) is 6.61. The van der Waals surface area contributed by atoms with Gasteiger partial charge in [0.1, 0.15) is 15.7 Å². The summed E-state index contributed by atoms with van der Waals surface area (Å²) >= 11 is 0. The van der Waals surface area contributed by atoms with Crippen LogP contribution < -0.4 is 5.73 Å². The van der Waals surface area contributed by atoms with Gasteiger partial charge in [0.05, 0.1) is 11.2 Å². The number of hydrogen-bond donors (Lipinski definition) is 1. The van der Waals surface area contributed by atoms with Gasteiger partial charge in [-0.2, -0.15) is 0 Å². The van der Waals surface area contributed by atoms with E-state index >= 15 is 0 Å². The smallest absolute Gasteiger partial charge is 0.127 e. The Morgan fingerprint density at radius 2 is 1.18 bits per heavy atom. The molecular formula is C13H31B2NO. The monoisotopic (exact) mass is 239 g/mol. The molecule has 0 aliphatic carbocycles. The maximum absolute atomic E-state index is 6.30. The molecule has 0 saturated heterocycles. The highest BCUT2D eigenvalue weighted by atomic mass is 16.5. The molecule has 1 unspecified atom stereocenters. The van der Waals surface area contributed by atoms with E-state index in [0.29, 0.717) is 0 Å². The van der Waals surface area contributed by atoms with Crippen molar-refractivity contribution < 1.29 is 4.74 Å². The minimum Gasteiger partial charge on any atom is -0.370 e. The van der Waals surface area contributed by atoms with E-state index in [4.69, 9.17) is 10.5 Å². The summed E-state index contributed by atoms with van der Waals surface area (Å²) in [6.45, 7) is 15.1. The van der Waals surface area contributed by atoms with Crippen molar-refractivity contribution in [1.29, 1.82) is 0 Å². The van der Waals surface area contributed by atoms with E-state index in [1.165, 1.54) is 0 Å². The van der Waals surface area contributed by atoms with Gasteiger partial charge in [-0.05, 0) is 46.0 Å². The molecular weight excluding hydrogens is 208 g/mol. The van der Waals surface area contributed by atoms with E-state index in [0.717, 1.165) is 12.8 Å². The molecule has 0 bridgehead atoms. The minimum atomic E-state index is -0.193. The average Bonchev–Trinajstić information content (AvgIpc) is 1.65. The summed E-state index contributed by atoms with van der Waals surface area (Å²) in [6, 6.07) is 0. The Balaban J connectivity index is 4.59. The van der Waals surface area contributed by atoms with Gasteiger partial charge >= 0.3 is 0 Å². The van der Waals surface area contributed by atoms with Gasteiger partial charge in [-0.25, -0.2) is 0 Å². The van der Waals surface area contributed by atoms with Crippen LogP contribution in [0.25, 0.3) is 0 Å². The Labute approximate surface area is 110 Å². The predicted octanol–water partition coefficient (Wildman–Crippen LogP) is 1.48. The van der Waals surface area contributed by atoms with Crippen LogP contribution in [-0.2, 0) is 4.74 Å². The van der Waals surface area contributed by atoms with Crippen LogP contribution in [0.1, 0.15) is 61.3 Å². The molecule has 0 saturated carbocycles. The number of ether oxygens (including phenoxy) is 1. The van der Waals surface area contributed by atoms with Crippen LogP contribution in [0.4, 0.5) is 0 Å². The molecule has 4 heteroatoms. The van der Waals surface area contributed by atoms with E-state index in [9.17, 15) is 0 Å². The Hall–Kier alpha value is 0.0499. The quantitative estimate of drug-likeness (QED) is 0.712. The Morgan fingerprint density at radius 3 is 1.47 bits per heavy atom. The molecule has 0 rings (SSSR count). The maximum atomic E-state index is 6.30. The second-order valence-electron chi connectivity index (χ2n) is 8.52. The largest absolute Gasteiger partial charge is 0.370 e. The fourth-order valence-electron chi connectivity index (χ4n) is 3.19. The highest BCUT2D eigenvalue weighted by Crippen LogP contribution is 2.36. The number of rotatable bonds is 6. The third kappa shape index (κ3) is 9.72. The lowest BCUT2D eigenvalue weighted by Gasteiger charge is -2.42. The van der Waals surface area contributed by atoms with Crippen LogP contribution >= 0.6 is 0 Å².